The van der Waals surface area contributed by atoms with E-state index in [0.717, 1.165) is 33.8 Å². The zero-order valence-corrected chi connectivity index (χ0v) is 17.0. The van der Waals surface area contributed by atoms with E-state index in [9.17, 15) is 0 Å². The van der Waals surface area contributed by atoms with Gasteiger partial charge in [0.15, 0.2) is 6.10 Å². The van der Waals surface area contributed by atoms with Crippen molar-refractivity contribution in [1.29, 1.82) is 0 Å². The summed E-state index contributed by atoms with van der Waals surface area (Å²) >= 11 is 0. The molecule has 4 aromatic carbocycles. The van der Waals surface area contributed by atoms with Crippen molar-refractivity contribution in [3.63, 3.8) is 0 Å². The molecule has 1 unspecified atom stereocenters. The molecule has 1 aliphatic rings. The lowest BCUT2D eigenvalue weighted by atomic mass is 9.95. The number of benzene rings is 4. The fourth-order valence-electron chi connectivity index (χ4n) is 3.74. The topological polar surface area (TPSA) is 33.6 Å². The number of hydrogen-bond acceptors (Lipinski definition) is 3. The van der Waals surface area contributed by atoms with Gasteiger partial charge in [-0.25, -0.2) is 4.99 Å². The molecule has 1 N–H and O–H groups in total. The Morgan fingerprint density at radius 2 is 1.16 bits per heavy atom. The van der Waals surface area contributed by atoms with Crippen molar-refractivity contribution in [1.82, 2.24) is 0 Å². The Hall–Kier alpha value is -4.11. The number of nitrogens with one attached hydrogen (secondary N) is 1. The summed E-state index contributed by atoms with van der Waals surface area (Å²) in [6.07, 6.45) is -0.253. The highest BCUT2D eigenvalue weighted by Gasteiger charge is 2.35. The largest absolute Gasteiger partial charge is 0.463 e. The Kier molecular flexibility index (Phi) is 5.31. The number of aliphatic imine (C=N–C) groups is 1. The van der Waals surface area contributed by atoms with Crippen LogP contribution in [0.4, 0.5) is 11.4 Å². The third-order valence-corrected chi connectivity index (χ3v) is 5.19. The maximum Gasteiger partial charge on any atom is 0.239 e. The van der Waals surface area contributed by atoms with Gasteiger partial charge in [0.05, 0.1) is 5.69 Å². The van der Waals surface area contributed by atoms with Crippen LogP contribution in [0.1, 0.15) is 17.2 Å². The van der Waals surface area contributed by atoms with Gasteiger partial charge in [-0.3, -0.25) is 0 Å². The van der Waals surface area contributed by atoms with E-state index in [2.05, 4.69) is 41.7 Å². The molecule has 4 aromatic rings. The van der Waals surface area contributed by atoms with E-state index < -0.39 is 0 Å². The van der Waals surface area contributed by atoms with Gasteiger partial charge in [0.1, 0.15) is 5.70 Å². The smallest absolute Gasteiger partial charge is 0.239 e. The van der Waals surface area contributed by atoms with Crippen LogP contribution in [0.2, 0.25) is 0 Å². The molecule has 0 radical (unpaired) electrons. The van der Waals surface area contributed by atoms with Crippen molar-refractivity contribution < 1.29 is 4.74 Å². The second-order valence-corrected chi connectivity index (χ2v) is 7.31. The number of ether oxygens (including phenoxy) is 1. The van der Waals surface area contributed by atoms with Gasteiger partial charge in [-0.15, -0.1) is 0 Å². The molecule has 1 atom stereocenters. The lowest BCUT2D eigenvalue weighted by Crippen LogP contribution is -2.09. The fourth-order valence-corrected chi connectivity index (χ4v) is 3.74. The predicted octanol–water partition coefficient (Wildman–Crippen LogP) is 7.01. The van der Waals surface area contributed by atoms with E-state index in [1.807, 2.05) is 84.9 Å². The Labute approximate surface area is 182 Å². The van der Waals surface area contributed by atoms with Crippen LogP contribution in [0.15, 0.2) is 132 Å². The molecule has 0 aliphatic carbocycles. The third-order valence-electron chi connectivity index (χ3n) is 5.19. The third kappa shape index (κ3) is 4.12. The number of anilines is 1. The lowest BCUT2D eigenvalue weighted by molar-refractivity contribution is 0.264. The monoisotopic (exact) mass is 402 g/mol. The number of para-hydroxylation sites is 2. The molecule has 0 amide bonds. The Morgan fingerprint density at radius 3 is 1.81 bits per heavy atom. The maximum absolute atomic E-state index is 6.52. The van der Waals surface area contributed by atoms with Gasteiger partial charge < -0.3 is 10.1 Å². The first kappa shape index (κ1) is 18.9. The zero-order valence-electron chi connectivity index (χ0n) is 17.0. The lowest BCUT2D eigenvalue weighted by Gasteiger charge is -2.15. The molecule has 0 bridgehead atoms. The van der Waals surface area contributed by atoms with E-state index in [1.54, 1.807) is 0 Å². The van der Waals surface area contributed by atoms with Crippen LogP contribution in [-0.4, -0.2) is 5.90 Å². The van der Waals surface area contributed by atoms with Crippen molar-refractivity contribution in [2.45, 2.75) is 6.10 Å². The molecule has 1 aliphatic heterocycles. The zero-order chi connectivity index (χ0) is 20.9. The minimum atomic E-state index is -0.253. The van der Waals surface area contributed by atoms with Crippen LogP contribution in [0.3, 0.4) is 0 Å². The van der Waals surface area contributed by atoms with Gasteiger partial charge in [-0.1, -0.05) is 97.1 Å². The number of rotatable bonds is 5. The van der Waals surface area contributed by atoms with Gasteiger partial charge >= 0.3 is 0 Å². The minimum Gasteiger partial charge on any atom is -0.463 e. The molecule has 0 fully saturated rings. The van der Waals surface area contributed by atoms with Crippen LogP contribution < -0.4 is 5.32 Å². The standard InChI is InChI=1S/C28H22N2O/c1-5-13-21(14-6-1)25-26(29-23-17-9-3-10-18-23)28(30-24-19-11-4-12-20-24)31-27(25)22-15-7-2-8-16-22/h1-20,27,29H. The first-order valence-electron chi connectivity index (χ1n) is 10.4. The number of nitrogens with zero attached hydrogens (tertiary/aromatic N) is 1. The van der Waals surface area contributed by atoms with E-state index in [1.165, 1.54) is 0 Å². The highest BCUT2D eigenvalue weighted by Crippen LogP contribution is 2.42. The molecule has 3 heteroatoms. The summed E-state index contributed by atoms with van der Waals surface area (Å²) in [5.74, 6) is 0.586. The van der Waals surface area contributed by atoms with Crippen molar-refractivity contribution in [2.24, 2.45) is 4.99 Å². The van der Waals surface area contributed by atoms with Crippen LogP contribution in [-0.2, 0) is 4.74 Å². The molecular weight excluding hydrogens is 380 g/mol. The van der Waals surface area contributed by atoms with Crippen molar-refractivity contribution in [3.8, 4) is 0 Å². The quantitative estimate of drug-likeness (QED) is 0.389. The summed E-state index contributed by atoms with van der Waals surface area (Å²) in [5, 5.41) is 3.58. The maximum atomic E-state index is 6.52. The van der Waals surface area contributed by atoms with Crippen LogP contribution in [0.5, 0.6) is 0 Å². The molecule has 31 heavy (non-hydrogen) atoms. The molecule has 5 rings (SSSR count). The highest BCUT2D eigenvalue weighted by atomic mass is 16.5. The van der Waals surface area contributed by atoms with E-state index in [4.69, 9.17) is 9.73 Å². The SMILES string of the molecule is c1ccc(N=C2OC(c3ccccc3)C(c3ccccc3)=C2Nc2ccccc2)cc1. The van der Waals surface area contributed by atoms with Crippen LogP contribution in [0.25, 0.3) is 5.57 Å². The first-order chi connectivity index (χ1) is 15.4. The summed E-state index contributed by atoms with van der Waals surface area (Å²) < 4.78 is 6.52. The van der Waals surface area contributed by atoms with Gasteiger partial charge in [0.25, 0.3) is 0 Å². The summed E-state index contributed by atoms with van der Waals surface area (Å²) in [6, 6.07) is 40.7. The van der Waals surface area contributed by atoms with Gasteiger partial charge in [0, 0.05) is 11.3 Å². The molecule has 0 aromatic heterocycles. The molecular formula is C28H22N2O. The second kappa shape index (κ2) is 8.72. The molecule has 150 valence electrons. The normalized spacial score (nSPS) is 16.9. The van der Waals surface area contributed by atoms with E-state index >= 15 is 0 Å². The van der Waals surface area contributed by atoms with Crippen molar-refractivity contribution in [3.05, 3.63) is 138 Å². The summed E-state index contributed by atoms with van der Waals surface area (Å²) in [6.45, 7) is 0. The second-order valence-electron chi connectivity index (χ2n) is 7.31. The van der Waals surface area contributed by atoms with Gasteiger partial charge in [0.2, 0.25) is 5.90 Å². The Bertz CT molecular complexity index is 1200. The predicted molar refractivity (Wildman–Crippen MR) is 127 cm³/mol. The van der Waals surface area contributed by atoms with Crippen molar-refractivity contribution >= 4 is 22.8 Å². The first-order valence-corrected chi connectivity index (χ1v) is 10.4. The summed E-state index contributed by atoms with van der Waals surface area (Å²) in [4.78, 5) is 4.86. The number of hydrogen-bond donors (Lipinski definition) is 1. The molecule has 0 saturated carbocycles. The van der Waals surface area contributed by atoms with Gasteiger partial charge in [-0.2, -0.15) is 0 Å². The fraction of sp³-hybridized carbons (Fsp3) is 0.0357. The minimum absolute atomic E-state index is 0.253. The van der Waals surface area contributed by atoms with Gasteiger partial charge in [-0.05, 0) is 35.4 Å². The average molecular weight is 402 g/mol. The molecule has 0 saturated heterocycles. The molecule has 0 spiro atoms. The summed E-state index contributed by atoms with van der Waals surface area (Å²) in [5.41, 5.74) is 6.00. The average Bonchev–Trinajstić information content (AvgIpc) is 3.19. The van der Waals surface area contributed by atoms with Crippen LogP contribution >= 0.6 is 0 Å². The van der Waals surface area contributed by atoms with Crippen molar-refractivity contribution in [2.75, 3.05) is 5.32 Å². The Morgan fingerprint density at radius 1 is 0.613 bits per heavy atom. The highest BCUT2D eigenvalue weighted by molar-refractivity contribution is 6.09. The van der Waals surface area contributed by atoms with Crippen LogP contribution in [0, 0.1) is 0 Å². The molecule has 1 heterocycles. The Balaban J connectivity index is 1.70. The van der Waals surface area contributed by atoms with E-state index in [-0.39, 0.29) is 6.10 Å². The summed E-state index contributed by atoms with van der Waals surface area (Å²) in [7, 11) is 0. The molecule has 3 nitrogen and oxygen atoms in total. The van der Waals surface area contributed by atoms with E-state index in [0.29, 0.717) is 5.90 Å².